The van der Waals surface area contributed by atoms with Crippen molar-refractivity contribution < 1.29 is 19.8 Å². The number of rotatable bonds is 5. The van der Waals surface area contributed by atoms with Crippen LogP contribution in [0.2, 0.25) is 0 Å². The average molecular weight is 280 g/mol. The van der Waals surface area contributed by atoms with Gasteiger partial charge in [0.25, 0.3) is 0 Å². The van der Waals surface area contributed by atoms with Crippen molar-refractivity contribution in [2.45, 2.75) is 25.9 Å². The maximum Gasteiger partial charge on any atom is 0.337 e. The first-order valence-corrected chi connectivity index (χ1v) is 6.34. The Bertz CT molecular complexity index is 482. The lowest BCUT2D eigenvalue weighted by Gasteiger charge is -2.22. The van der Waals surface area contributed by atoms with Crippen LogP contribution in [0.15, 0.2) is 24.3 Å². The second-order valence-corrected chi connectivity index (χ2v) is 4.82. The van der Waals surface area contributed by atoms with Gasteiger partial charge in [0.2, 0.25) is 0 Å². The summed E-state index contributed by atoms with van der Waals surface area (Å²) in [5.41, 5.74) is -0.131. The van der Waals surface area contributed by atoms with E-state index in [1.54, 1.807) is 7.05 Å². The van der Waals surface area contributed by atoms with Crippen molar-refractivity contribution in [3.05, 3.63) is 29.8 Å². The van der Waals surface area contributed by atoms with Crippen molar-refractivity contribution >= 4 is 17.7 Å². The van der Waals surface area contributed by atoms with Gasteiger partial charge in [-0.2, -0.15) is 0 Å². The van der Waals surface area contributed by atoms with E-state index in [0.717, 1.165) is 18.9 Å². The molecule has 0 radical (unpaired) electrons. The van der Waals surface area contributed by atoms with Gasteiger partial charge >= 0.3 is 12.0 Å². The number of carboxylic acids is 1. The molecule has 2 amide bonds. The standard InChI is InChI=1S/C14H20N2O4/c1-4-10-5-7-11(8-6-10)16(3)13(19)15-9-14(2,20)12(17)18/h5-8,20H,4,9H2,1-3H3,(H,15,19)(H,17,18). The number of carboxylic acid groups (broad SMARTS) is 1. The highest BCUT2D eigenvalue weighted by molar-refractivity contribution is 5.91. The lowest BCUT2D eigenvalue weighted by Crippen LogP contribution is -2.49. The van der Waals surface area contributed by atoms with Crippen LogP contribution in [0, 0.1) is 0 Å². The minimum atomic E-state index is -1.98. The molecule has 110 valence electrons. The van der Waals surface area contributed by atoms with Crippen molar-refractivity contribution in [1.82, 2.24) is 5.32 Å². The Morgan fingerprint density at radius 2 is 1.85 bits per heavy atom. The van der Waals surface area contributed by atoms with E-state index in [1.807, 2.05) is 31.2 Å². The van der Waals surface area contributed by atoms with Gasteiger partial charge in [0.1, 0.15) is 0 Å². The highest BCUT2D eigenvalue weighted by atomic mass is 16.4. The van der Waals surface area contributed by atoms with Crippen LogP contribution in [0.4, 0.5) is 10.5 Å². The highest BCUT2D eigenvalue weighted by Crippen LogP contribution is 2.14. The fourth-order valence-corrected chi connectivity index (χ4v) is 1.51. The summed E-state index contributed by atoms with van der Waals surface area (Å²) < 4.78 is 0. The van der Waals surface area contributed by atoms with Crippen molar-refractivity contribution in [2.24, 2.45) is 0 Å². The smallest absolute Gasteiger partial charge is 0.337 e. The molecular formula is C14H20N2O4. The summed E-state index contributed by atoms with van der Waals surface area (Å²) in [7, 11) is 1.58. The van der Waals surface area contributed by atoms with Gasteiger partial charge in [0, 0.05) is 12.7 Å². The summed E-state index contributed by atoms with van der Waals surface area (Å²) >= 11 is 0. The number of anilines is 1. The summed E-state index contributed by atoms with van der Waals surface area (Å²) in [6.07, 6.45) is 0.914. The molecule has 6 heteroatoms. The predicted molar refractivity (Wildman–Crippen MR) is 75.9 cm³/mol. The second kappa shape index (κ2) is 6.38. The molecule has 0 aliphatic heterocycles. The number of nitrogens with one attached hydrogen (secondary N) is 1. The minimum Gasteiger partial charge on any atom is -0.479 e. The van der Waals surface area contributed by atoms with Crippen molar-refractivity contribution in [2.75, 3.05) is 18.5 Å². The van der Waals surface area contributed by atoms with Crippen molar-refractivity contribution in [1.29, 1.82) is 0 Å². The number of carbonyl (C=O) groups is 2. The number of nitrogens with zero attached hydrogens (tertiary/aromatic N) is 1. The zero-order chi connectivity index (χ0) is 15.3. The van der Waals surface area contributed by atoms with E-state index in [4.69, 9.17) is 5.11 Å². The third-order valence-electron chi connectivity index (χ3n) is 3.08. The van der Waals surface area contributed by atoms with Gasteiger partial charge in [-0.25, -0.2) is 9.59 Å². The van der Waals surface area contributed by atoms with Crippen molar-refractivity contribution in [3.8, 4) is 0 Å². The van der Waals surface area contributed by atoms with Crippen LogP contribution in [0.25, 0.3) is 0 Å². The summed E-state index contributed by atoms with van der Waals surface area (Å²) in [5.74, 6) is -1.38. The Kier molecular flexibility index (Phi) is 5.10. The molecule has 0 heterocycles. The highest BCUT2D eigenvalue weighted by Gasteiger charge is 2.30. The molecule has 0 saturated heterocycles. The molecule has 0 saturated carbocycles. The predicted octanol–water partition coefficient (Wildman–Crippen LogP) is 1.23. The van der Waals surface area contributed by atoms with Crippen LogP contribution in [0.1, 0.15) is 19.4 Å². The molecule has 0 aliphatic carbocycles. The number of amides is 2. The van der Waals surface area contributed by atoms with E-state index < -0.39 is 17.6 Å². The largest absolute Gasteiger partial charge is 0.479 e. The van der Waals surface area contributed by atoms with Gasteiger partial charge in [0.05, 0.1) is 6.54 Å². The van der Waals surface area contributed by atoms with Gasteiger partial charge in [-0.15, -0.1) is 0 Å². The first-order valence-electron chi connectivity index (χ1n) is 6.34. The number of hydrogen-bond acceptors (Lipinski definition) is 3. The van der Waals surface area contributed by atoms with Crippen molar-refractivity contribution in [3.63, 3.8) is 0 Å². The molecule has 0 fully saturated rings. The SMILES string of the molecule is CCc1ccc(N(C)C(=O)NCC(C)(O)C(=O)O)cc1. The van der Waals surface area contributed by atoms with Crippen LogP contribution >= 0.6 is 0 Å². The fraction of sp³-hybridized carbons (Fsp3) is 0.429. The molecule has 1 aromatic rings. The van der Waals surface area contributed by atoms with E-state index >= 15 is 0 Å². The third-order valence-corrected chi connectivity index (χ3v) is 3.08. The Hall–Kier alpha value is -2.08. The molecule has 1 aromatic carbocycles. The Labute approximate surface area is 118 Å². The van der Waals surface area contributed by atoms with Gasteiger partial charge in [-0.3, -0.25) is 4.90 Å². The van der Waals surface area contributed by atoms with Crippen LogP contribution < -0.4 is 10.2 Å². The van der Waals surface area contributed by atoms with Gasteiger partial charge < -0.3 is 15.5 Å². The first kappa shape index (κ1) is 16.0. The number of aliphatic carboxylic acids is 1. The van der Waals surface area contributed by atoms with Gasteiger partial charge in [-0.1, -0.05) is 19.1 Å². The molecule has 6 nitrogen and oxygen atoms in total. The number of aryl methyl sites for hydroxylation is 1. The lowest BCUT2D eigenvalue weighted by molar-refractivity contribution is -0.155. The molecule has 1 atom stereocenters. The van der Waals surface area contributed by atoms with Crippen LogP contribution in [-0.2, 0) is 11.2 Å². The minimum absolute atomic E-state index is 0.363. The maximum atomic E-state index is 11.9. The van der Waals surface area contributed by atoms with Crippen LogP contribution in [0.3, 0.4) is 0 Å². The van der Waals surface area contributed by atoms with E-state index in [1.165, 1.54) is 4.90 Å². The lowest BCUT2D eigenvalue weighted by atomic mass is 10.1. The number of aliphatic hydroxyl groups is 1. The second-order valence-electron chi connectivity index (χ2n) is 4.82. The zero-order valence-electron chi connectivity index (χ0n) is 11.9. The quantitative estimate of drug-likeness (QED) is 0.756. The molecular weight excluding hydrogens is 260 g/mol. The normalized spacial score (nSPS) is 13.4. The Balaban J connectivity index is 2.65. The summed E-state index contributed by atoms with van der Waals surface area (Å²) in [6.45, 7) is 2.81. The summed E-state index contributed by atoms with van der Waals surface area (Å²) in [6, 6.07) is 7.00. The van der Waals surface area contributed by atoms with E-state index in [2.05, 4.69) is 5.32 Å². The van der Waals surface area contributed by atoms with Crippen LogP contribution in [-0.4, -0.2) is 41.4 Å². The van der Waals surface area contributed by atoms with E-state index in [0.29, 0.717) is 5.69 Å². The molecule has 0 aliphatic rings. The molecule has 0 bridgehead atoms. The summed E-state index contributed by atoms with van der Waals surface area (Å²) in [5, 5.41) is 20.7. The molecule has 1 unspecified atom stereocenters. The van der Waals surface area contributed by atoms with Gasteiger partial charge in [-0.05, 0) is 31.0 Å². The van der Waals surface area contributed by atoms with E-state index in [-0.39, 0.29) is 6.54 Å². The maximum absolute atomic E-state index is 11.9. The average Bonchev–Trinajstić information content (AvgIpc) is 2.44. The number of hydrogen-bond donors (Lipinski definition) is 3. The van der Waals surface area contributed by atoms with Crippen LogP contribution in [0.5, 0.6) is 0 Å². The number of benzene rings is 1. The molecule has 0 aromatic heterocycles. The molecule has 3 N–H and O–H groups in total. The Morgan fingerprint density at radius 3 is 2.30 bits per heavy atom. The third kappa shape index (κ3) is 3.96. The zero-order valence-corrected chi connectivity index (χ0v) is 11.9. The molecule has 0 spiro atoms. The fourth-order valence-electron chi connectivity index (χ4n) is 1.51. The van der Waals surface area contributed by atoms with E-state index in [9.17, 15) is 14.7 Å². The molecule has 1 rings (SSSR count). The number of carbonyl (C=O) groups excluding carboxylic acids is 1. The monoisotopic (exact) mass is 280 g/mol. The van der Waals surface area contributed by atoms with Gasteiger partial charge in [0.15, 0.2) is 5.60 Å². The first-order chi connectivity index (χ1) is 9.27. The Morgan fingerprint density at radius 1 is 1.30 bits per heavy atom. The molecule has 20 heavy (non-hydrogen) atoms. The summed E-state index contributed by atoms with van der Waals surface area (Å²) in [4.78, 5) is 24.0. The number of urea groups is 1. The topological polar surface area (TPSA) is 89.9 Å².